The van der Waals surface area contributed by atoms with Gasteiger partial charge in [0, 0.05) is 22.4 Å². The maximum absolute atomic E-state index is 14.1. The molecule has 0 aliphatic heterocycles. The Bertz CT molecular complexity index is 1390. The first-order valence-electron chi connectivity index (χ1n) is 9.80. The van der Waals surface area contributed by atoms with E-state index in [0.717, 1.165) is 11.1 Å². The van der Waals surface area contributed by atoms with Crippen molar-refractivity contribution in [2.24, 2.45) is 0 Å². The third kappa shape index (κ3) is 3.81. The van der Waals surface area contributed by atoms with Crippen LogP contribution in [0.3, 0.4) is 0 Å². The molecule has 5 aromatic rings. The summed E-state index contributed by atoms with van der Waals surface area (Å²) in [6, 6.07) is 28.4. The van der Waals surface area contributed by atoms with Crippen molar-refractivity contribution < 1.29 is 13.6 Å². The molecule has 1 N–H and O–H groups in total. The number of carbonyl (C=O) groups is 1. The molecule has 1 amide bonds. The quantitative estimate of drug-likeness (QED) is 0.367. The largest absolute Gasteiger partial charge is 0.436 e. The van der Waals surface area contributed by atoms with E-state index in [4.69, 9.17) is 4.42 Å². The van der Waals surface area contributed by atoms with Crippen LogP contribution in [-0.2, 0) is 0 Å². The molecule has 0 radical (unpaired) electrons. The lowest BCUT2D eigenvalue weighted by atomic mass is 10.1. The van der Waals surface area contributed by atoms with Crippen molar-refractivity contribution in [3.63, 3.8) is 0 Å². The number of hydrogen-bond donors (Lipinski definition) is 1. The number of nitrogens with zero attached hydrogens (tertiary/aromatic N) is 1. The summed E-state index contributed by atoms with van der Waals surface area (Å²) in [5, 5.41) is 2.89. The van der Waals surface area contributed by atoms with Gasteiger partial charge >= 0.3 is 0 Å². The Kier molecular flexibility index (Phi) is 4.77. The van der Waals surface area contributed by atoms with E-state index in [-0.39, 0.29) is 11.7 Å². The highest BCUT2D eigenvalue weighted by Crippen LogP contribution is 2.30. The molecule has 0 saturated carbocycles. The molecule has 31 heavy (non-hydrogen) atoms. The van der Waals surface area contributed by atoms with Crippen LogP contribution in [0, 0.1) is 5.82 Å². The molecule has 0 spiro atoms. The van der Waals surface area contributed by atoms with Crippen molar-refractivity contribution in [1.29, 1.82) is 0 Å². The predicted octanol–water partition coefficient (Wildman–Crippen LogP) is 6.55. The summed E-state index contributed by atoms with van der Waals surface area (Å²) in [4.78, 5) is 17.0. The summed E-state index contributed by atoms with van der Waals surface area (Å²) in [5.74, 6) is -0.0511. The number of anilines is 1. The monoisotopic (exact) mass is 408 g/mol. The summed E-state index contributed by atoms with van der Waals surface area (Å²) >= 11 is 0. The number of rotatable bonds is 4. The average Bonchev–Trinajstić information content (AvgIpc) is 3.24. The molecule has 0 fully saturated rings. The first-order valence-corrected chi connectivity index (χ1v) is 9.80. The lowest BCUT2D eigenvalue weighted by Gasteiger charge is -2.06. The molecule has 4 aromatic carbocycles. The van der Waals surface area contributed by atoms with Gasteiger partial charge < -0.3 is 9.73 Å². The van der Waals surface area contributed by atoms with E-state index >= 15 is 0 Å². The number of halogens is 1. The molecule has 0 atom stereocenters. The lowest BCUT2D eigenvalue weighted by Crippen LogP contribution is -2.11. The van der Waals surface area contributed by atoms with Gasteiger partial charge in [0.1, 0.15) is 11.3 Å². The highest BCUT2D eigenvalue weighted by atomic mass is 19.1. The molecule has 4 nitrogen and oxygen atoms in total. The minimum absolute atomic E-state index is 0.190. The number of carbonyl (C=O) groups excluding carboxylic acids is 1. The second-order valence-corrected chi connectivity index (χ2v) is 7.08. The standard InChI is InChI=1S/C26H17FN2O2/c27-22-12-5-4-11-21(22)18-13-14-23-24(16-18)31-26(29-23)19-9-6-10-20(15-19)28-25(30)17-7-2-1-3-8-17/h1-16H,(H,28,30). The van der Waals surface area contributed by atoms with Crippen molar-refractivity contribution in [2.75, 3.05) is 5.32 Å². The Morgan fingerprint density at radius 1 is 0.806 bits per heavy atom. The van der Waals surface area contributed by atoms with Crippen molar-refractivity contribution in [3.05, 3.63) is 108 Å². The Morgan fingerprint density at radius 2 is 1.61 bits per heavy atom. The molecule has 150 valence electrons. The smallest absolute Gasteiger partial charge is 0.255 e. The van der Waals surface area contributed by atoms with Crippen molar-refractivity contribution in [1.82, 2.24) is 4.98 Å². The zero-order chi connectivity index (χ0) is 21.2. The lowest BCUT2D eigenvalue weighted by molar-refractivity contribution is 0.102. The molecule has 5 rings (SSSR count). The first kappa shape index (κ1) is 18.8. The zero-order valence-corrected chi connectivity index (χ0v) is 16.4. The minimum atomic E-state index is -0.288. The van der Waals surface area contributed by atoms with Gasteiger partial charge in [-0.05, 0) is 54.1 Å². The van der Waals surface area contributed by atoms with Gasteiger partial charge in [-0.3, -0.25) is 4.79 Å². The van der Waals surface area contributed by atoms with Gasteiger partial charge in [-0.1, -0.05) is 48.5 Å². The van der Waals surface area contributed by atoms with Crippen LogP contribution in [0.4, 0.5) is 10.1 Å². The van der Waals surface area contributed by atoms with E-state index < -0.39 is 0 Å². The minimum Gasteiger partial charge on any atom is -0.436 e. The fourth-order valence-electron chi connectivity index (χ4n) is 3.43. The molecule has 0 unspecified atom stereocenters. The van der Waals surface area contributed by atoms with Crippen LogP contribution < -0.4 is 5.32 Å². The highest BCUT2D eigenvalue weighted by Gasteiger charge is 2.12. The number of fused-ring (bicyclic) bond motifs is 1. The molecule has 1 heterocycles. The summed E-state index contributed by atoms with van der Waals surface area (Å²) in [7, 11) is 0. The Hall–Kier alpha value is -4.25. The van der Waals surface area contributed by atoms with Crippen LogP contribution in [0.5, 0.6) is 0 Å². The molecule has 0 aliphatic rings. The second kappa shape index (κ2) is 7.88. The number of amides is 1. The van der Waals surface area contributed by atoms with Gasteiger partial charge in [0.2, 0.25) is 5.89 Å². The maximum atomic E-state index is 14.1. The molecule has 0 saturated heterocycles. The Morgan fingerprint density at radius 3 is 2.45 bits per heavy atom. The van der Waals surface area contributed by atoms with Gasteiger partial charge in [-0.15, -0.1) is 0 Å². The SMILES string of the molecule is O=C(Nc1cccc(-c2nc3ccc(-c4ccccc4F)cc3o2)c1)c1ccccc1. The summed E-state index contributed by atoms with van der Waals surface area (Å²) in [6.07, 6.45) is 0. The van der Waals surface area contributed by atoms with Crippen LogP contribution in [0.1, 0.15) is 10.4 Å². The van der Waals surface area contributed by atoms with E-state index in [0.29, 0.717) is 33.8 Å². The average molecular weight is 408 g/mol. The molecule has 1 aromatic heterocycles. The number of hydrogen-bond acceptors (Lipinski definition) is 3. The van der Waals surface area contributed by atoms with Gasteiger partial charge in [-0.25, -0.2) is 9.37 Å². The van der Waals surface area contributed by atoms with Crippen LogP contribution in [-0.4, -0.2) is 10.9 Å². The van der Waals surface area contributed by atoms with Crippen LogP contribution in [0.15, 0.2) is 101 Å². The van der Waals surface area contributed by atoms with E-state index in [9.17, 15) is 9.18 Å². The van der Waals surface area contributed by atoms with Gasteiger partial charge in [-0.2, -0.15) is 0 Å². The van der Waals surface area contributed by atoms with E-state index in [2.05, 4.69) is 10.3 Å². The number of aromatic nitrogens is 1. The molecular weight excluding hydrogens is 391 g/mol. The predicted molar refractivity (Wildman–Crippen MR) is 119 cm³/mol. The fourth-order valence-corrected chi connectivity index (χ4v) is 3.43. The molecule has 0 bridgehead atoms. The number of benzene rings is 4. The topological polar surface area (TPSA) is 55.1 Å². The number of oxazole rings is 1. The first-order chi connectivity index (χ1) is 15.2. The van der Waals surface area contributed by atoms with E-state index in [1.54, 1.807) is 36.4 Å². The van der Waals surface area contributed by atoms with Gasteiger partial charge in [0.05, 0.1) is 0 Å². The Labute approximate surface area is 178 Å². The van der Waals surface area contributed by atoms with E-state index in [1.165, 1.54) is 6.07 Å². The summed E-state index contributed by atoms with van der Waals surface area (Å²) in [6.45, 7) is 0. The van der Waals surface area contributed by atoms with E-state index in [1.807, 2.05) is 54.6 Å². The highest BCUT2D eigenvalue weighted by molar-refractivity contribution is 6.04. The normalized spacial score (nSPS) is 10.9. The van der Waals surface area contributed by atoms with Gasteiger partial charge in [0.15, 0.2) is 5.58 Å². The van der Waals surface area contributed by atoms with Crippen LogP contribution >= 0.6 is 0 Å². The Balaban J connectivity index is 1.45. The molecule has 5 heteroatoms. The van der Waals surface area contributed by atoms with Crippen molar-refractivity contribution in [2.45, 2.75) is 0 Å². The maximum Gasteiger partial charge on any atom is 0.255 e. The summed E-state index contributed by atoms with van der Waals surface area (Å²) in [5.41, 5.74) is 4.42. The summed E-state index contributed by atoms with van der Waals surface area (Å²) < 4.78 is 20.1. The van der Waals surface area contributed by atoms with Gasteiger partial charge in [0.25, 0.3) is 5.91 Å². The third-order valence-electron chi connectivity index (χ3n) is 4.98. The third-order valence-corrected chi connectivity index (χ3v) is 4.98. The molecule has 0 aliphatic carbocycles. The zero-order valence-electron chi connectivity index (χ0n) is 16.4. The molecular formula is C26H17FN2O2. The van der Waals surface area contributed by atoms with Crippen molar-refractivity contribution in [3.8, 4) is 22.6 Å². The number of nitrogens with one attached hydrogen (secondary N) is 1. The fraction of sp³-hybridized carbons (Fsp3) is 0. The van der Waals surface area contributed by atoms with Crippen molar-refractivity contribution >= 4 is 22.7 Å². The second-order valence-electron chi connectivity index (χ2n) is 7.08. The van der Waals surface area contributed by atoms with Crippen LogP contribution in [0.25, 0.3) is 33.7 Å². The van der Waals surface area contributed by atoms with Crippen LogP contribution in [0.2, 0.25) is 0 Å².